The molecule has 0 aromatic carbocycles. The molecule has 0 radical (unpaired) electrons. The fourth-order valence-electron chi connectivity index (χ4n) is 2.00. The van der Waals surface area contributed by atoms with Crippen LogP contribution in [0.4, 0.5) is 0 Å². The monoisotopic (exact) mass is 141 g/mol. The molecule has 2 heteroatoms. The molecular formula is C8H15NO. The van der Waals surface area contributed by atoms with Crippen molar-refractivity contribution in [2.75, 3.05) is 19.8 Å². The van der Waals surface area contributed by atoms with Crippen molar-refractivity contribution < 1.29 is 4.74 Å². The lowest BCUT2D eigenvalue weighted by molar-refractivity contribution is 0.0187. The Kier molecular flexibility index (Phi) is 1.91. The van der Waals surface area contributed by atoms with E-state index in [1.807, 2.05) is 0 Å². The average Bonchev–Trinajstić information content (AvgIpc) is 2.05. The SMILES string of the molecule is C1CNC2CCOCC2C1. The van der Waals surface area contributed by atoms with Crippen LogP contribution >= 0.6 is 0 Å². The topological polar surface area (TPSA) is 21.3 Å². The van der Waals surface area contributed by atoms with Gasteiger partial charge in [0.2, 0.25) is 0 Å². The van der Waals surface area contributed by atoms with Crippen LogP contribution in [0.5, 0.6) is 0 Å². The second-order valence-corrected chi connectivity index (χ2v) is 3.33. The molecule has 0 saturated carbocycles. The predicted octanol–water partition coefficient (Wildman–Crippen LogP) is 0.775. The first kappa shape index (κ1) is 6.62. The van der Waals surface area contributed by atoms with Gasteiger partial charge in [-0.3, -0.25) is 0 Å². The van der Waals surface area contributed by atoms with Crippen LogP contribution < -0.4 is 5.32 Å². The van der Waals surface area contributed by atoms with Crippen LogP contribution in [0, 0.1) is 5.92 Å². The van der Waals surface area contributed by atoms with Gasteiger partial charge in [-0.15, -0.1) is 0 Å². The summed E-state index contributed by atoms with van der Waals surface area (Å²) < 4.78 is 5.40. The summed E-state index contributed by atoms with van der Waals surface area (Å²) in [7, 11) is 0. The number of piperidine rings is 1. The summed E-state index contributed by atoms with van der Waals surface area (Å²) in [5.74, 6) is 0.822. The van der Waals surface area contributed by atoms with Gasteiger partial charge >= 0.3 is 0 Å². The number of rotatable bonds is 0. The molecule has 0 aliphatic carbocycles. The third-order valence-electron chi connectivity index (χ3n) is 2.63. The normalized spacial score (nSPS) is 40.8. The van der Waals surface area contributed by atoms with Gasteiger partial charge in [-0.1, -0.05) is 0 Å². The summed E-state index contributed by atoms with van der Waals surface area (Å²) in [5, 5.41) is 3.54. The van der Waals surface area contributed by atoms with E-state index in [0.717, 1.165) is 25.2 Å². The first-order valence-electron chi connectivity index (χ1n) is 4.28. The molecule has 58 valence electrons. The summed E-state index contributed by atoms with van der Waals surface area (Å²) in [4.78, 5) is 0. The maximum absolute atomic E-state index is 5.40. The largest absolute Gasteiger partial charge is 0.381 e. The summed E-state index contributed by atoms with van der Waals surface area (Å²) >= 11 is 0. The summed E-state index contributed by atoms with van der Waals surface area (Å²) in [6.45, 7) is 3.19. The summed E-state index contributed by atoms with van der Waals surface area (Å²) in [5.41, 5.74) is 0. The van der Waals surface area contributed by atoms with E-state index in [0.29, 0.717) is 0 Å². The fraction of sp³-hybridized carbons (Fsp3) is 1.00. The molecule has 2 aliphatic rings. The number of hydrogen-bond acceptors (Lipinski definition) is 2. The zero-order chi connectivity index (χ0) is 6.81. The van der Waals surface area contributed by atoms with Crippen molar-refractivity contribution in [3.05, 3.63) is 0 Å². The smallest absolute Gasteiger partial charge is 0.0509 e. The number of hydrogen-bond donors (Lipinski definition) is 1. The van der Waals surface area contributed by atoms with Gasteiger partial charge in [0, 0.05) is 12.6 Å². The Bertz CT molecular complexity index is 89.8. The Morgan fingerprint density at radius 2 is 2.30 bits per heavy atom. The Balaban J connectivity index is 1.93. The van der Waals surface area contributed by atoms with Gasteiger partial charge in [-0.2, -0.15) is 0 Å². The minimum Gasteiger partial charge on any atom is -0.381 e. The first-order valence-corrected chi connectivity index (χ1v) is 4.28. The summed E-state index contributed by atoms with van der Waals surface area (Å²) in [6.07, 6.45) is 3.94. The van der Waals surface area contributed by atoms with E-state index in [-0.39, 0.29) is 0 Å². The van der Waals surface area contributed by atoms with Crippen LogP contribution in [0.3, 0.4) is 0 Å². The molecule has 0 spiro atoms. The van der Waals surface area contributed by atoms with Crippen LogP contribution in [-0.4, -0.2) is 25.8 Å². The van der Waals surface area contributed by atoms with Crippen LogP contribution in [0.2, 0.25) is 0 Å². The van der Waals surface area contributed by atoms with Crippen LogP contribution in [-0.2, 0) is 4.74 Å². The van der Waals surface area contributed by atoms with Crippen molar-refractivity contribution in [1.29, 1.82) is 0 Å². The molecule has 2 aliphatic heterocycles. The Morgan fingerprint density at radius 1 is 1.30 bits per heavy atom. The molecular weight excluding hydrogens is 126 g/mol. The van der Waals surface area contributed by atoms with Crippen molar-refractivity contribution >= 4 is 0 Å². The highest BCUT2D eigenvalue weighted by atomic mass is 16.5. The highest BCUT2D eigenvalue weighted by molar-refractivity contribution is 4.83. The van der Waals surface area contributed by atoms with E-state index in [1.54, 1.807) is 0 Å². The van der Waals surface area contributed by atoms with E-state index in [2.05, 4.69) is 5.32 Å². The molecule has 1 N–H and O–H groups in total. The van der Waals surface area contributed by atoms with Gasteiger partial charge in [-0.25, -0.2) is 0 Å². The van der Waals surface area contributed by atoms with E-state index in [9.17, 15) is 0 Å². The molecule has 0 aromatic rings. The van der Waals surface area contributed by atoms with Gasteiger partial charge in [0.1, 0.15) is 0 Å². The average molecular weight is 141 g/mol. The molecule has 2 nitrogen and oxygen atoms in total. The van der Waals surface area contributed by atoms with Crippen molar-refractivity contribution in [2.45, 2.75) is 25.3 Å². The third-order valence-corrected chi connectivity index (χ3v) is 2.63. The third kappa shape index (κ3) is 1.18. The van der Waals surface area contributed by atoms with Crippen LogP contribution in [0.1, 0.15) is 19.3 Å². The van der Waals surface area contributed by atoms with Gasteiger partial charge < -0.3 is 10.1 Å². The molecule has 2 rings (SSSR count). The lowest BCUT2D eigenvalue weighted by Gasteiger charge is -2.35. The highest BCUT2D eigenvalue weighted by Crippen LogP contribution is 2.22. The van der Waals surface area contributed by atoms with Gasteiger partial charge in [0.15, 0.2) is 0 Å². The Hall–Kier alpha value is -0.0800. The molecule has 0 amide bonds. The van der Waals surface area contributed by atoms with E-state index in [4.69, 9.17) is 4.74 Å². The second-order valence-electron chi connectivity index (χ2n) is 3.33. The lowest BCUT2D eigenvalue weighted by Crippen LogP contribution is -2.46. The molecule has 2 fully saturated rings. The first-order chi connectivity index (χ1) is 4.97. The van der Waals surface area contributed by atoms with Crippen LogP contribution in [0.15, 0.2) is 0 Å². The molecule has 2 saturated heterocycles. The van der Waals surface area contributed by atoms with Crippen molar-refractivity contribution in [3.63, 3.8) is 0 Å². The zero-order valence-corrected chi connectivity index (χ0v) is 6.31. The van der Waals surface area contributed by atoms with Crippen LogP contribution in [0.25, 0.3) is 0 Å². The van der Waals surface area contributed by atoms with Gasteiger partial charge in [-0.05, 0) is 31.7 Å². The van der Waals surface area contributed by atoms with Crippen molar-refractivity contribution in [2.24, 2.45) is 5.92 Å². The van der Waals surface area contributed by atoms with Crippen molar-refractivity contribution in [1.82, 2.24) is 5.32 Å². The summed E-state index contributed by atoms with van der Waals surface area (Å²) in [6, 6.07) is 0.780. The lowest BCUT2D eigenvalue weighted by atomic mass is 9.88. The number of nitrogens with one attached hydrogen (secondary N) is 1. The molecule has 10 heavy (non-hydrogen) atoms. The Labute approximate surface area is 61.9 Å². The maximum atomic E-state index is 5.40. The van der Waals surface area contributed by atoms with E-state index in [1.165, 1.54) is 25.8 Å². The molecule has 2 atom stereocenters. The molecule has 2 unspecified atom stereocenters. The highest BCUT2D eigenvalue weighted by Gasteiger charge is 2.27. The van der Waals surface area contributed by atoms with E-state index < -0.39 is 0 Å². The van der Waals surface area contributed by atoms with E-state index >= 15 is 0 Å². The standard InChI is InChI=1S/C8H15NO/c1-2-7-6-10-5-3-8(7)9-4-1/h7-9H,1-6H2. The maximum Gasteiger partial charge on any atom is 0.0509 e. The number of fused-ring (bicyclic) bond motifs is 1. The molecule has 0 bridgehead atoms. The minimum absolute atomic E-state index is 0.780. The number of ether oxygens (including phenoxy) is 1. The molecule has 0 aromatic heterocycles. The van der Waals surface area contributed by atoms with Gasteiger partial charge in [0.25, 0.3) is 0 Å². The quantitative estimate of drug-likeness (QED) is 0.538. The minimum atomic E-state index is 0.780. The second kappa shape index (κ2) is 2.89. The van der Waals surface area contributed by atoms with Crippen molar-refractivity contribution in [3.8, 4) is 0 Å². The predicted molar refractivity (Wildman–Crippen MR) is 40.0 cm³/mol. The molecule has 2 heterocycles. The fourth-order valence-corrected chi connectivity index (χ4v) is 2.00. The Morgan fingerprint density at radius 3 is 3.20 bits per heavy atom. The van der Waals surface area contributed by atoms with Gasteiger partial charge in [0.05, 0.1) is 6.61 Å². The zero-order valence-electron chi connectivity index (χ0n) is 6.31.